The molecule has 0 atom stereocenters. The molecule has 4 nitrogen and oxygen atoms in total. The fraction of sp³-hybridized carbons (Fsp3) is 0. The highest BCUT2D eigenvalue weighted by atomic mass is 79.9. The van der Waals surface area contributed by atoms with Crippen molar-refractivity contribution < 1.29 is 4.79 Å². The van der Waals surface area contributed by atoms with Crippen LogP contribution in [-0.4, -0.2) is 14.7 Å². The van der Waals surface area contributed by atoms with Crippen molar-refractivity contribution in [2.45, 2.75) is 0 Å². The lowest BCUT2D eigenvalue weighted by Gasteiger charge is -2.07. The molecule has 3 rings (SSSR count). The van der Waals surface area contributed by atoms with Gasteiger partial charge in [0.25, 0.3) is 5.91 Å². The Morgan fingerprint density at radius 3 is 2.75 bits per heavy atom. The number of anilines is 1. The number of nitrogens with one attached hydrogen (secondary N) is 1. The molecule has 0 spiro atoms. The van der Waals surface area contributed by atoms with Gasteiger partial charge in [0, 0.05) is 10.0 Å². The van der Waals surface area contributed by atoms with Gasteiger partial charge in [0.15, 0.2) is 0 Å². The van der Waals surface area contributed by atoms with Gasteiger partial charge in [0.1, 0.15) is 11.0 Å². The van der Waals surface area contributed by atoms with Gasteiger partial charge < -0.3 is 5.32 Å². The van der Waals surface area contributed by atoms with Crippen LogP contribution in [0.2, 0.25) is 5.02 Å². The normalized spacial score (nSPS) is 10.7. The standard InChI is InChI=1S/C13H7BrClN3OS/c14-8-2-4-10(9(15)6-8)16-13(19)7-1-3-11-12(5-7)18-20-17-11/h1-6H,(H,16,19). The van der Waals surface area contributed by atoms with Crippen molar-refractivity contribution in [3.63, 3.8) is 0 Å². The van der Waals surface area contributed by atoms with Crippen LogP contribution in [0.3, 0.4) is 0 Å². The summed E-state index contributed by atoms with van der Waals surface area (Å²) in [6, 6.07) is 10.5. The minimum atomic E-state index is -0.232. The van der Waals surface area contributed by atoms with Gasteiger partial charge in [-0.25, -0.2) is 0 Å². The first kappa shape index (κ1) is 13.5. The van der Waals surface area contributed by atoms with E-state index in [1.54, 1.807) is 30.3 Å². The molecule has 20 heavy (non-hydrogen) atoms. The van der Waals surface area contributed by atoms with E-state index in [-0.39, 0.29) is 5.91 Å². The Hall–Kier alpha value is -1.50. The van der Waals surface area contributed by atoms with Crippen molar-refractivity contribution in [2.24, 2.45) is 0 Å². The van der Waals surface area contributed by atoms with Gasteiger partial charge in [-0.1, -0.05) is 27.5 Å². The van der Waals surface area contributed by atoms with E-state index in [9.17, 15) is 4.79 Å². The van der Waals surface area contributed by atoms with Crippen molar-refractivity contribution in [1.29, 1.82) is 0 Å². The Labute approximate surface area is 132 Å². The van der Waals surface area contributed by atoms with E-state index < -0.39 is 0 Å². The number of benzene rings is 2. The quantitative estimate of drug-likeness (QED) is 0.731. The molecule has 0 aliphatic rings. The molecule has 3 aromatic rings. The number of aromatic nitrogens is 2. The Kier molecular flexibility index (Phi) is 3.69. The maximum Gasteiger partial charge on any atom is 0.255 e. The van der Waals surface area contributed by atoms with Crippen LogP contribution in [0.5, 0.6) is 0 Å². The van der Waals surface area contributed by atoms with Crippen LogP contribution in [0, 0.1) is 0 Å². The highest BCUT2D eigenvalue weighted by Gasteiger charge is 2.10. The van der Waals surface area contributed by atoms with Gasteiger partial charge in [0.2, 0.25) is 0 Å². The lowest BCUT2D eigenvalue weighted by Crippen LogP contribution is -2.12. The van der Waals surface area contributed by atoms with Crippen molar-refractivity contribution in [3.05, 3.63) is 51.5 Å². The van der Waals surface area contributed by atoms with E-state index in [0.29, 0.717) is 21.8 Å². The van der Waals surface area contributed by atoms with E-state index in [0.717, 1.165) is 21.7 Å². The summed E-state index contributed by atoms with van der Waals surface area (Å²) in [5, 5.41) is 3.25. The molecule has 0 bridgehead atoms. The molecule has 100 valence electrons. The largest absolute Gasteiger partial charge is 0.321 e. The molecule has 0 fully saturated rings. The number of rotatable bonds is 2. The number of nitrogens with zero attached hydrogens (tertiary/aromatic N) is 2. The maximum atomic E-state index is 12.2. The molecular weight excluding hydrogens is 362 g/mol. The molecule has 1 N–H and O–H groups in total. The van der Waals surface area contributed by atoms with E-state index in [1.165, 1.54) is 0 Å². The molecule has 0 saturated heterocycles. The van der Waals surface area contributed by atoms with Gasteiger partial charge in [-0.05, 0) is 36.4 Å². The lowest BCUT2D eigenvalue weighted by molar-refractivity contribution is 0.102. The highest BCUT2D eigenvalue weighted by molar-refractivity contribution is 9.10. The Bertz CT molecular complexity index is 805. The first-order valence-corrected chi connectivity index (χ1v) is 7.52. The van der Waals surface area contributed by atoms with E-state index in [2.05, 4.69) is 30.0 Å². The number of hydrogen-bond donors (Lipinski definition) is 1. The summed E-state index contributed by atoms with van der Waals surface area (Å²) in [5.74, 6) is -0.232. The molecule has 1 amide bonds. The van der Waals surface area contributed by atoms with E-state index in [4.69, 9.17) is 11.6 Å². The number of hydrogen-bond acceptors (Lipinski definition) is 4. The Morgan fingerprint density at radius 2 is 1.95 bits per heavy atom. The zero-order valence-corrected chi connectivity index (χ0v) is 13.1. The zero-order valence-electron chi connectivity index (χ0n) is 9.93. The summed E-state index contributed by atoms with van der Waals surface area (Å²) >= 11 is 10.5. The molecule has 2 aromatic carbocycles. The van der Waals surface area contributed by atoms with Crippen molar-refractivity contribution in [3.8, 4) is 0 Å². The SMILES string of the molecule is O=C(Nc1ccc(Br)cc1Cl)c1ccc2nsnc2c1. The zero-order chi connectivity index (χ0) is 14.1. The second-order valence-electron chi connectivity index (χ2n) is 4.05. The smallest absolute Gasteiger partial charge is 0.255 e. The van der Waals surface area contributed by atoms with Crippen molar-refractivity contribution in [1.82, 2.24) is 8.75 Å². The first-order chi connectivity index (χ1) is 9.63. The van der Waals surface area contributed by atoms with Crippen molar-refractivity contribution >= 4 is 61.9 Å². The predicted octanol–water partition coefficient (Wildman–Crippen LogP) is 4.36. The summed E-state index contributed by atoms with van der Waals surface area (Å²) in [6.07, 6.45) is 0. The van der Waals surface area contributed by atoms with Gasteiger partial charge >= 0.3 is 0 Å². The van der Waals surface area contributed by atoms with Crippen LogP contribution in [0.15, 0.2) is 40.9 Å². The summed E-state index contributed by atoms with van der Waals surface area (Å²) in [4.78, 5) is 12.2. The third-order valence-electron chi connectivity index (χ3n) is 2.70. The monoisotopic (exact) mass is 367 g/mol. The second kappa shape index (κ2) is 5.47. The first-order valence-electron chi connectivity index (χ1n) is 5.62. The molecular formula is C13H7BrClN3OS. The summed E-state index contributed by atoms with van der Waals surface area (Å²) < 4.78 is 9.07. The number of carbonyl (C=O) groups is 1. The molecule has 7 heteroatoms. The molecule has 0 radical (unpaired) electrons. The third-order valence-corrected chi connectivity index (χ3v) is 4.06. The number of halogens is 2. The van der Waals surface area contributed by atoms with E-state index >= 15 is 0 Å². The molecule has 0 aliphatic carbocycles. The van der Waals surface area contributed by atoms with Crippen LogP contribution in [-0.2, 0) is 0 Å². The summed E-state index contributed by atoms with van der Waals surface area (Å²) in [6.45, 7) is 0. The maximum absolute atomic E-state index is 12.2. The van der Waals surface area contributed by atoms with Crippen molar-refractivity contribution in [2.75, 3.05) is 5.32 Å². The number of carbonyl (C=O) groups excluding carboxylic acids is 1. The predicted molar refractivity (Wildman–Crippen MR) is 84.5 cm³/mol. The van der Waals surface area contributed by atoms with Crippen LogP contribution in [0.4, 0.5) is 5.69 Å². The van der Waals surface area contributed by atoms with Gasteiger partial charge in [-0.3, -0.25) is 4.79 Å². The number of amides is 1. The van der Waals surface area contributed by atoms with Gasteiger partial charge in [0.05, 0.1) is 22.4 Å². The fourth-order valence-corrected chi connectivity index (χ4v) is 2.95. The minimum absolute atomic E-state index is 0.232. The average molecular weight is 369 g/mol. The van der Waals surface area contributed by atoms with Crippen LogP contribution in [0.25, 0.3) is 11.0 Å². The second-order valence-corrected chi connectivity index (χ2v) is 5.90. The highest BCUT2D eigenvalue weighted by Crippen LogP contribution is 2.26. The molecule has 1 heterocycles. The topological polar surface area (TPSA) is 54.9 Å². The average Bonchev–Trinajstić information content (AvgIpc) is 2.89. The van der Waals surface area contributed by atoms with Crippen LogP contribution >= 0.6 is 39.3 Å². The third kappa shape index (κ3) is 2.67. The Balaban J connectivity index is 1.88. The lowest BCUT2D eigenvalue weighted by atomic mass is 10.2. The fourth-order valence-electron chi connectivity index (χ4n) is 1.71. The Morgan fingerprint density at radius 1 is 1.15 bits per heavy atom. The minimum Gasteiger partial charge on any atom is -0.321 e. The van der Waals surface area contributed by atoms with Crippen LogP contribution in [0.1, 0.15) is 10.4 Å². The molecule has 0 unspecified atom stereocenters. The summed E-state index contributed by atoms with van der Waals surface area (Å²) in [7, 11) is 0. The molecule has 0 saturated carbocycles. The van der Waals surface area contributed by atoms with Crippen LogP contribution < -0.4 is 5.32 Å². The summed E-state index contributed by atoms with van der Waals surface area (Å²) in [5.41, 5.74) is 2.58. The number of fused-ring (bicyclic) bond motifs is 1. The van der Waals surface area contributed by atoms with Gasteiger partial charge in [-0.2, -0.15) is 8.75 Å². The van der Waals surface area contributed by atoms with Gasteiger partial charge in [-0.15, -0.1) is 0 Å². The molecule has 1 aromatic heterocycles. The molecule has 0 aliphatic heterocycles. The van der Waals surface area contributed by atoms with E-state index in [1.807, 2.05) is 6.07 Å².